The van der Waals surface area contributed by atoms with Crippen LogP contribution in [-0.2, 0) is 4.79 Å². The van der Waals surface area contributed by atoms with Crippen molar-refractivity contribution in [2.24, 2.45) is 5.73 Å². The fourth-order valence-corrected chi connectivity index (χ4v) is 0.675. The molecule has 0 aliphatic rings. The number of carboxylic acid groups (broad SMARTS) is 1. The minimum Gasteiger partial charge on any atom is -0.480 e. The molecule has 0 radical (unpaired) electrons. The maximum absolute atomic E-state index is 10.0. The Morgan fingerprint density at radius 1 is 1.80 bits per heavy atom. The number of aliphatic carboxylic acids is 1. The lowest BCUT2D eigenvalue weighted by atomic mass is 10.2. The molecule has 0 aromatic carbocycles. The highest BCUT2D eigenvalue weighted by molar-refractivity contribution is 9.11. The number of hydrogen-bond donors (Lipinski definition) is 2. The summed E-state index contributed by atoms with van der Waals surface area (Å²) in [7, 11) is 0. The number of nitrogens with two attached hydrogens (primary N) is 1. The van der Waals surface area contributed by atoms with Gasteiger partial charge in [-0.2, -0.15) is 0 Å². The molecule has 0 saturated carbocycles. The summed E-state index contributed by atoms with van der Waals surface area (Å²) in [6.45, 7) is 3.45. The van der Waals surface area contributed by atoms with Gasteiger partial charge in [-0.1, -0.05) is 22.5 Å². The van der Waals surface area contributed by atoms with Crippen LogP contribution in [0.2, 0.25) is 0 Å². The van der Waals surface area contributed by atoms with E-state index in [9.17, 15) is 4.79 Å². The van der Waals surface area contributed by atoms with Crippen molar-refractivity contribution < 1.29 is 9.90 Å². The van der Waals surface area contributed by atoms with E-state index in [1.54, 1.807) is 0 Å². The molecule has 0 heterocycles. The van der Waals surface area contributed by atoms with Gasteiger partial charge in [-0.15, -0.1) is 12.4 Å². The molecular weight excluding hydrogens is 221 g/mol. The molecule has 0 saturated heterocycles. The van der Waals surface area contributed by atoms with Crippen molar-refractivity contribution in [2.45, 2.75) is 12.5 Å². The zero-order valence-corrected chi connectivity index (χ0v) is 7.61. The average molecular weight is 230 g/mol. The topological polar surface area (TPSA) is 63.3 Å². The molecule has 10 heavy (non-hydrogen) atoms. The van der Waals surface area contributed by atoms with E-state index in [1.807, 2.05) is 0 Å². The first-order valence-corrected chi connectivity index (χ1v) is 3.15. The molecule has 0 aliphatic carbocycles. The Bertz CT molecular complexity index is 140. The first-order valence-electron chi connectivity index (χ1n) is 2.35. The van der Waals surface area contributed by atoms with Crippen LogP contribution in [-0.4, -0.2) is 17.1 Å². The van der Waals surface area contributed by atoms with Gasteiger partial charge in [0.1, 0.15) is 6.04 Å². The molecule has 3 nitrogen and oxygen atoms in total. The lowest BCUT2D eigenvalue weighted by Crippen LogP contribution is -2.29. The van der Waals surface area contributed by atoms with Crippen molar-refractivity contribution >= 4 is 34.3 Å². The summed E-state index contributed by atoms with van der Waals surface area (Å²) in [6.07, 6.45) is 0.273. The second kappa shape index (κ2) is 5.70. The fourth-order valence-electron chi connectivity index (χ4n) is 0.326. The summed E-state index contributed by atoms with van der Waals surface area (Å²) in [4.78, 5) is 10.0. The van der Waals surface area contributed by atoms with Crippen LogP contribution in [0.4, 0.5) is 0 Å². The maximum atomic E-state index is 10.0. The molecule has 0 aromatic heterocycles. The van der Waals surface area contributed by atoms with E-state index < -0.39 is 12.0 Å². The third-order valence-corrected chi connectivity index (χ3v) is 1.08. The largest absolute Gasteiger partial charge is 0.480 e. The number of carboxylic acids is 1. The molecule has 1 atom stereocenters. The van der Waals surface area contributed by atoms with E-state index in [0.29, 0.717) is 4.48 Å². The number of halogens is 2. The summed E-state index contributed by atoms with van der Waals surface area (Å²) in [5.41, 5.74) is 5.13. The highest BCUT2D eigenvalue weighted by Gasteiger charge is 2.10. The normalized spacial score (nSPS) is 11.4. The fraction of sp³-hybridized carbons (Fsp3) is 0.400. The van der Waals surface area contributed by atoms with Crippen LogP contribution in [0.3, 0.4) is 0 Å². The number of rotatable bonds is 3. The van der Waals surface area contributed by atoms with E-state index in [2.05, 4.69) is 22.5 Å². The van der Waals surface area contributed by atoms with Crippen LogP contribution >= 0.6 is 28.3 Å². The molecular formula is C5H9BrClNO2. The molecule has 3 N–H and O–H groups in total. The van der Waals surface area contributed by atoms with Crippen LogP contribution in [0.1, 0.15) is 6.42 Å². The van der Waals surface area contributed by atoms with E-state index in [0.717, 1.165) is 0 Å². The van der Waals surface area contributed by atoms with Gasteiger partial charge in [0.2, 0.25) is 0 Å². The van der Waals surface area contributed by atoms with Crippen molar-refractivity contribution in [2.75, 3.05) is 0 Å². The van der Waals surface area contributed by atoms with Gasteiger partial charge in [-0.25, -0.2) is 0 Å². The van der Waals surface area contributed by atoms with Crippen LogP contribution in [0, 0.1) is 0 Å². The van der Waals surface area contributed by atoms with Crippen molar-refractivity contribution in [3.05, 3.63) is 11.1 Å². The van der Waals surface area contributed by atoms with Crippen LogP contribution in [0.5, 0.6) is 0 Å². The molecule has 0 rings (SSSR count). The second-order valence-corrected chi connectivity index (χ2v) is 2.79. The summed E-state index contributed by atoms with van der Waals surface area (Å²) in [5.74, 6) is -1.00. The van der Waals surface area contributed by atoms with Crippen molar-refractivity contribution in [1.82, 2.24) is 0 Å². The standard InChI is InChI=1S/C5H8BrNO2.ClH/c1-3(6)2-4(7)5(8)9;/h4H,1-2,7H2,(H,8,9);1H/t4-;/m0./s1. The van der Waals surface area contributed by atoms with Gasteiger partial charge in [0.25, 0.3) is 0 Å². The quantitative estimate of drug-likeness (QED) is 0.764. The average Bonchev–Trinajstić information content (AvgIpc) is 1.63. The smallest absolute Gasteiger partial charge is 0.320 e. The van der Waals surface area contributed by atoms with Crippen molar-refractivity contribution in [3.8, 4) is 0 Å². The zero-order valence-electron chi connectivity index (χ0n) is 5.21. The third-order valence-electron chi connectivity index (χ3n) is 0.759. The monoisotopic (exact) mass is 229 g/mol. The third kappa shape index (κ3) is 6.07. The van der Waals surface area contributed by atoms with Crippen molar-refractivity contribution in [3.63, 3.8) is 0 Å². The maximum Gasteiger partial charge on any atom is 0.320 e. The Morgan fingerprint density at radius 3 is 2.30 bits per heavy atom. The predicted octanol–water partition coefficient (Wildman–Crippen LogP) is 1.12. The zero-order chi connectivity index (χ0) is 7.44. The summed E-state index contributed by atoms with van der Waals surface area (Å²) in [6, 6.07) is -0.836. The van der Waals surface area contributed by atoms with Gasteiger partial charge in [0.15, 0.2) is 0 Å². The Morgan fingerprint density at radius 2 is 2.20 bits per heavy atom. The molecule has 0 spiro atoms. The highest BCUT2D eigenvalue weighted by Crippen LogP contribution is 2.07. The van der Waals surface area contributed by atoms with E-state index in [1.165, 1.54) is 0 Å². The van der Waals surface area contributed by atoms with Crippen LogP contribution in [0.15, 0.2) is 11.1 Å². The van der Waals surface area contributed by atoms with Crippen molar-refractivity contribution in [1.29, 1.82) is 0 Å². The summed E-state index contributed by atoms with van der Waals surface area (Å²) >= 11 is 3.01. The van der Waals surface area contributed by atoms with Gasteiger partial charge in [-0.3, -0.25) is 4.79 Å². The van der Waals surface area contributed by atoms with Gasteiger partial charge < -0.3 is 10.8 Å². The molecule has 0 aromatic rings. The van der Waals surface area contributed by atoms with Crippen LogP contribution in [0.25, 0.3) is 0 Å². The lowest BCUT2D eigenvalue weighted by molar-refractivity contribution is -0.138. The Labute approximate surface area is 73.8 Å². The van der Waals surface area contributed by atoms with E-state index in [-0.39, 0.29) is 18.8 Å². The number of hydrogen-bond acceptors (Lipinski definition) is 2. The SMILES string of the molecule is C=C(Br)C[C@H](N)C(=O)O.Cl. The Kier molecular flexibility index (Phi) is 7.19. The molecule has 0 fully saturated rings. The summed E-state index contributed by atoms with van der Waals surface area (Å²) in [5, 5.41) is 8.24. The molecule has 0 unspecified atom stereocenters. The predicted molar refractivity (Wildman–Crippen MR) is 45.5 cm³/mol. The second-order valence-electron chi connectivity index (χ2n) is 1.67. The Hall–Kier alpha value is -0.0600. The lowest BCUT2D eigenvalue weighted by Gasteiger charge is -2.02. The minimum atomic E-state index is -1.00. The van der Waals surface area contributed by atoms with E-state index in [4.69, 9.17) is 10.8 Å². The first kappa shape index (κ1) is 12.6. The summed E-state index contributed by atoms with van der Waals surface area (Å²) < 4.78 is 0.609. The van der Waals surface area contributed by atoms with Gasteiger partial charge in [0, 0.05) is 6.42 Å². The first-order chi connectivity index (χ1) is 4.04. The Balaban J connectivity index is 0. The van der Waals surface area contributed by atoms with Gasteiger partial charge in [0.05, 0.1) is 0 Å². The minimum absolute atomic E-state index is 0. The highest BCUT2D eigenvalue weighted by atomic mass is 79.9. The molecule has 0 aliphatic heterocycles. The number of carbonyl (C=O) groups is 1. The molecule has 0 amide bonds. The van der Waals surface area contributed by atoms with Crippen LogP contribution < -0.4 is 5.73 Å². The van der Waals surface area contributed by atoms with Gasteiger partial charge in [-0.05, 0) is 4.48 Å². The van der Waals surface area contributed by atoms with Gasteiger partial charge >= 0.3 is 5.97 Å². The molecule has 0 bridgehead atoms. The molecule has 5 heteroatoms. The molecule has 60 valence electrons. The van der Waals surface area contributed by atoms with E-state index >= 15 is 0 Å².